The van der Waals surface area contributed by atoms with Crippen molar-refractivity contribution in [1.29, 1.82) is 0 Å². The molecule has 0 N–H and O–H groups in total. The molecule has 0 saturated carbocycles. The highest BCUT2D eigenvalue weighted by molar-refractivity contribution is 7.78. The molecule has 6 heavy (non-hydrogen) atoms. The Morgan fingerprint density at radius 1 is 1.83 bits per heavy atom. The van der Waals surface area contributed by atoms with Crippen molar-refractivity contribution in [3.8, 4) is 0 Å². The SMILES string of the molecule is CCCO[C]=S. The zero-order valence-electron chi connectivity index (χ0n) is 3.73. The number of ether oxygens (including phenoxy) is 1. The normalized spacial score (nSPS) is 7.50. The van der Waals surface area contributed by atoms with Crippen molar-refractivity contribution in [1.82, 2.24) is 0 Å². The van der Waals surface area contributed by atoms with Crippen LogP contribution in [0.15, 0.2) is 0 Å². The van der Waals surface area contributed by atoms with E-state index in [1.54, 1.807) is 0 Å². The van der Waals surface area contributed by atoms with Crippen LogP contribution in [0.4, 0.5) is 0 Å². The van der Waals surface area contributed by atoms with Gasteiger partial charge in [0.2, 0.25) is 5.55 Å². The number of thiocarbonyl (C=S) groups is 1. The summed E-state index contributed by atoms with van der Waals surface area (Å²) >= 11 is 4.25. The molecule has 0 aromatic heterocycles. The van der Waals surface area contributed by atoms with Crippen LogP contribution >= 0.6 is 12.2 Å². The van der Waals surface area contributed by atoms with E-state index < -0.39 is 0 Å². The summed E-state index contributed by atoms with van der Waals surface area (Å²) in [5.74, 6) is 0. The molecule has 0 spiro atoms. The van der Waals surface area contributed by atoms with Gasteiger partial charge in [-0.2, -0.15) is 0 Å². The van der Waals surface area contributed by atoms with E-state index in [2.05, 4.69) is 22.5 Å². The molecule has 0 amide bonds. The van der Waals surface area contributed by atoms with Crippen molar-refractivity contribution < 1.29 is 4.74 Å². The maximum atomic E-state index is 4.55. The Morgan fingerprint density at radius 3 is 2.67 bits per heavy atom. The molecule has 0 unspecified atom stereocenters. The number of hydrogen-bond donors (Lipinski definition) is 0. The molecule has 0 rings (SSSR count). The van der Waals surface area contributed by atoms with E-state index in [4.69, 9.17) is 0 Å². The maximum Gasteiger partial charge on any atom is 0.239 e. The molecule has 0 aliphatic rings. The minimum Gasteiger partial charge on any atom is -0.480 e. The average molecular weight is 103 g/mol. The van der Waals surface area contributed by atoms with Crippen molar-refractivity contribution in [2.75, 3.05) is 6.61 Å². The first kappa shape index (κ1) is 5.89. The summed E-state index contributed by atoms with van der Waals surface area (Å²) in [6.07, 6.45) is 1.00. The fourth-order valence-corrected chi connectivity index (χ4v) is 0.227. The third kappa shape index (κ3) is 3.89. The van der Waals surface area contributed by atoms with E-state index in [1.807, 2.05) is 6.92 Å². The van der Waals surface area contributed by atoms with Crippen LogP contribution in [0.3, 0.4) is 0 Å². The van der Waals surface area contributed by atoms with Gasteiger partial charge in [0, 0.05) is 0 Å². The molecular weight excluding hydrogens is 96.1 g/mol. The van der Waals surface area contributed by atoms with E-state index in [0.29, 0.717) is 6.61 Å². The Hall–Kier alpha value is -0.110. The lowest BCUT2D eigenvalue weighted by molar-refractivity contribution is 0.327. The van der Waals surface area contributed by atoms with Gasteiger partial charge in [0.05, 0.1) is 6.61 Å². The van der Waals surface area contributed by atoms with Gasteiger partial charge >= 0.3 is 0 Å². The maximum absolute atomic E-state index is 4.55. The second-order valence-electron chi connectivity index (χ2n) is 0.932. The van der Waals surface area contributed by atoms with Crippen LogP contribution in [0.2, 0.25) is 0 Å². The third-order valence-electron chi connectivity index (χ3n) is 0.365. The van der Waals surface area contributed by atoms with Crippen LogP contribution in [-0.2, 0) is 4.74 Å². The van der Waals surface area contributed by atoms with Crippen LogP contribution in [0.25, 0.3) is 0 Å². The molecule has 2 heteroatoms. The van der Waals surface area contributed by atoms with E-state index in [-0.39, 0.29) is 0 Å². The van der Waals surface area contributed by atoms with Gasteiger partial charge in [-0.25, -0.2) is 0 Å². The van der Waals surface area contributed by atoms with Crippen LogP contribution in [-0.4, -0.2) is 12.2 Å². The summed E-state index contributed by atoms with van der Waals surface area (Å²) in [5.41, 5.74) is 2.15. The summed E-state index contributed by atoms with van der Waals surface area (Å²) in [7, 11) is 0. The molecule has 1 nitrogen and oxygen atoms in total. The van der Waals surface area contributed by atoms with Crippen molar-refractivity contribution >= 4 is 17.8 Å². The van der Waals surface area contributed by atoms with Crippen LogP contribution in [0.5, 0.6) is 0 Å². The minimum absolute atomic E-state index is 0.698. The average Bonchev–Trinajstić information content (AvgIpc) is 1.61. The minimum atomic E-state index is 0.698. The van der Waals surface area contributed by atoms with Gasteiger partial charge in [-0.05, 0) is 18.6 Å². The zero-order valence-corrected chi connectivity index (χ0v) is 4.55. The Bertz CT molecular complexity index is 36.5. The second kappa shape index (κ2) is 4.89. The number of rotatable bonds is 3. The smallest absolute Gasteiger partial charge is 0.239 e. The summed E-state index contributed by atoms with van der Waals surface area (Å²) in [6, 6.07) is 0. The lowest BCUT2D eigenvalue weighted by Crippen LogP contribution is -1.84. The summed E-state index contributed by atoms with van der Waals surface area (Å²) in [4.78, 5) is 0. The lowest BCUT2D eigenvalue weighted by Gasteiger charge is -1.87. The standard InChI is InChI=1S/C4H7OS/c1-2-3-5-4-6/h2-3H2,1H3. The molecule has 1 radical (unpaired) electrons. The molecule has 0 aromatic rings. The highest BCUT2D eigenvalue weighted by Crippen LogP contribution is 1.73. The molecule has 0 saturated heterocycles. The van der Waals surface area contributed by atoms with Gasteiger partial charge in [0.15, 0.2) is 0 Å². The molecule has 0 heterocycles. The van der Waals surface area contributed by atoms with Gasteiger partial charge in [-0.15, -0.1) is 0 Å². The molecule has 0 bridgehead atoms. The van der Waals surface area contributed by atoms with E-state index in [9.17, 15) is 0 Å². The van der Waals surface area contributed by atoms with Gasteiger partial charge < -0.3 is 4.74 Å². The Balaban J connectivity index is 2.49. The summed E-state index contributed by atoms with van der Waals surface area (Å²) < 4.78 is 4.55. The van der Waals surface area contributed by atoms with Gasteiger partial charge in [-0.1, -0.05) is 6.92 Å². The molecular formula is C4H7OS. The van der Waals surface area contributed by atoms with Crippen molar-refractivity contribution in [3.05, 3.63) is 0 Å². The van der Waals surface area contributed by atoms with Crippen molar-refractivity contribution in [3.63, 3.8) is 0 Å². The summed E-state index contributed by atoms with van der Waals surface area (Å²) in [5, 5.41) is 0. The van der Waals surface area contributed by atoms with E-state index >= 15 is 0 Å². The number of hydrogen-bond acceptors (Lipinski definition) is 2. The molecule has 0 atom stereocenters. The molecule has 0 aromatic carbocycles. The first-order valence-corrected chi connectivity index (χ1v) is 2.31. The Labute approximate surface area is 43.3 Å². The Morgan fingerprint density at radius 2 is 2.50 bits per heavy atom. The predicted octanol–water partition coefficient (Wildman–Crippen LogP) is 1.25. The van der Waals surface area contributed by atoms with E-state index in [0.717, 1.165) is 6.42 Å². The highest BCUT2D eigenvalue weighted by Gasteiger charge is 1.71. The molecule has 0 fully saturated rings. The van der Waals surface area contributed by atoms with Crippen molar-refractivity contribution in [2.45, 2.75) is 13.3 Å². The van der Waals surface area contributed by atoms with E-state index in [1.165, 1.54) is 0 Å². The summed E-state index contributed by atoms with van der Waals surface area (Å²) in [6.45, 7) is 2.72. The molecule has 0 aliphatic heterocycles. The first-order valence-electron chi connectivity index (χ1n) is 1.90. The quantitative estimate of drug-likeness (QED) is 0.392. The van der Waals surface area contributed by atoms with Gasteiger partial charge in [0.25, 0.3) is 0 Å². The van der Waals surface area contributed by atoms with Crippen LogP contribution in [0, 0.1) is 0 Å². The second-order valence-corrected chi connectivity index (χ2v) is 1.10. The highest BCUT2D eigenvalue weighted by atomic mass is 32.1. The lowest BCUT2D eigenvalue weighted by atomic mass is 10.5. The molecule has 35 valence electrons. The van der Waals surface area contributed by atoms with Crippen LogP contribution in [0.1, 0.15) is 13.3 Å². The van der Waals surface area contributed by atoms with Crippen molar-refractivity contribution in [2.24, 2.45) is 0 Å². The van der Waals surface area contributed by atoms with Gasteiger partial charge in [0.1, 0.15) is 0 Å². The third-order valence-corrected chi connectivity index (χ3v) is 0.483. The fourth-order valence-electron chi connectivity index (χ4n) is 0.144. The van der Waals surface area contributed by atoms with Crippen LogP contribution < -0.4 is 0 Å². The monoisotopic (exact) mass is 103 g/mol. The topological polar surface area (TPSA) is 9.23 Å². The molecule has 0 aliphatic carbocycles. The fraction of sp³-hybridized carbons (Fsp3) is 0.750. The largest absolute Gasteiger partial charge is 0.480 e. The zero-order chi connectivity index (χ0) is 4.83. The van der Waals surface area contributed by atoms with Gasteiger partial charge in [-0.3, -0.25) is 0 Å². The first-order chi connectivity index (χ1) is 2.91. The Kier molecular flexibility index (Phi) is 4.80. The predicted molar refractivity (Wildman–Crippen MR) is 28.8 cm³/mol.